The fraction of sp³-hybridized carbons (Fsp3) is 0.417. The topological polar surface area (TPSA) is 43.1 Å². The highest BCUT2D eigenvalue weighted by atomic mass is 19.1. The number of ketones is 1. The molecule has 82 valence electrons. The Hall–Kier alpha value is -1.22. The van der Waals surface area contributed by atoms with E-state index in [1.54, 1.807) is 19.1 Å². The van der Waals surface area contributed by atoms with Crippen LogP contribution in [0.5, 0.6) is 0 Å². The summed E-state index contributed by atoms with van der Waals surface area (Å²) in [7, 11) is 0. The molecule has 2 N–H and O–H groups in total. The van der Waals surface area contributed by atoms with Gasteiger partial charge in [-0.3, -0.25) is 4.79 Å². The lowest BCUT2D eigenvalue weighted by molar-refractivity contribution is 0.0965. The van der Waals surface area contributed by atoms with E-state index in [1.807, 2.05) is 6.92 Å². The summed E-state index contributed by atoms with van der Waals surface area (Å²) in [5.74, 6) is -0.241. The van der Waals surface area contributed by atoms with Crippen LogP contribution in [0.4, 0.5) is 4.39 Å². The molecular formula is C12H16FNO. The zero-order valence-electron chi connectivity index (χ0n) is 9.09. The van der Waals surface area contributed by atoms with E-state index in [4.69, 9.17) is 5.73 Å². The zero-order chi connectivity index (χ0) is 11.4. The van der Waals surface area contributed by atoms with E-state index in [0.717, 1.165) is 0 Å². The normalized spacial score (nSPS) is 12.5. The van der Waals surface area contributed by atoms with Gasteiger partial charge in [-0.15, -0.1) is 0 Å². The molecule has 0 fully saturated rings. The van der Waals surface area contributed by atoms with Crippen molar-refractivity contribution in [3.63, 3.8) is 0 Å². The van der Waals surface area contributed by atoms with E-state index in [0.29, 0.717) is 24.1 Å². The van der Waals surface area contributed by atoms with E-state index < -0.39 is 0 Å². The van der Waals surface area contributed by atoms with Gasteiger partial charge in [0.2, 0.25) is 0 Å². The van der Waals surface area contributed by atoms with Crippen LogP contribution in [-0.2, 0) is 0 Å². The van der Waals surface area contributed by atoms with Crippen molar-refractivity contribution in [3.05, 3.63) is 35.1 Å². The Kier molecular flexibility index (Phi) is 3.97. The molecule has 0 bridgehead atoms. The molecule has 1 unspecified atom stereocenters. The van der Waals surface area contributed by atoms with Crippen LogP contribution in [0.15, 0.2) is 18.2 Å². The standard InChI is InChI=1S/C12H16FNO/c1-8(7-14)5-12(15)10-4-3-9(2)11(13)6-10/h3-4,6,8H,5,7,14H2,1-2H3. The Morgan fingerprint density at radius 3 is 2.73 bits per heavy atom. The van der Waals surface area contributed by atoms with Crippen molar-refractivity contribution in [2.75, 3.05) is 6.54 Å². The molecule has 1 atom stereocenters. The molecule has 0 aliphatic rings. The number of hydrogen-bond donors (Lipinski definition) is 1. The molecule has 0 heterocycles. The molecular weight excluding hydrogens is 193 g/mol. The third-order valence-corrected chi connectivity index (χ3v) is 2.43. The van der Waals surface area contributed by atoms with Crippen LogP contribution in [0.25, 0.3) is 0 Å². The Morgan fingerprint density at radius 2 is 2.20 bits per heavy atom. The fourth-order valence-corrected chi connectivity index (χ4v) is 1.28. The van der Waals surface area contributed by atoms with Crippen LogP contribution >= 0.6 is 0 Å². The number of Topliss-reactive ketones (excluding diaryl/α,β-unsaturated/α-hetero) is 1. The highest BCUT2D eigenvalue weighted by molar-refractivity contribution is 5.96. The molecule has 0 radical (unpaired) electrons. The van der Waals surface area contributed by atoms with Gasteiger partial charge < -0.3 is 5.73 Å². The van der Waals surface area contributed by atoms with Crippen molar-refractivity contribution in [1.29, 1.82) is 0 Å². The Bertz CT molecular complexity index is 363. The SMILES string of the molecule is Cc1ccc(C(=O)CC(C)CN)cc1F. The van der Waals surface area contributed by atoms with E-state index >= 15 is 0 Å². The quantitative estimate of drug-likeness (QED) is 0.773. The maximum atomic E-state index is 13.2. The lowest BCUT2D eigenvalue weighted by Crippen LogP contribution is -2.15. The third-order valence-electron chi connectivity index (χ3n) is 2.43. The minimum atomic E-state index is -0.332. The highest BCUT2D eigenvalue weighted by Crippen LogP contribution is 2.13. The lowest BCUT2D eigenvalue weighted by atomic mass is 9.99. The van der Waals surface area contributed by atoms with Crippen molar-refractivity contribution in [2.45, 2.75) is 20.3 Å². The first-order valence-electron chi connectivity index (χ1n) is 5.04. The fourth-order valence-electron chi connectivity index (χ4n) is 1.28. The van der Waals surface area contributed by atoms with E-state index in [9.17, 15) is 9.18 Å². The smallest absolute Gasteiger partial charge is 0.163 e. The summed E-state index contributed by atoms with van der Waals surface area (Å²) in [5.41, 5.74) is 6.41. The zero-order valence-corrected chi connectivity index (χ0v) is 9.09. The summed E-state index contributed by atoms with van der Waals surface area (Å²) >= 11 is 0. The van der Waals surface area contributed by atoms with Gasteiger partial charge >= 0.3 is 0 Å². The first kappa shape index (κ1) is 11.9. The van der Waals surface area contributed by atoms with E-state index in [2.05, 4.69) is 0 Å². The molecule has 0 aromatic heterocycles. The molecule has 0 aliphatic heterocycles. The van der Waals surface area contributed by atoms with Crippen LogP contribution in [0.2, 0.25) is 0 Å². The molecule has 0 amide bonds. The Morgan fingerprint density at radius 1 is 1.53 bits per heavy atom. The average Bonchev–Trinajstić information content (AvgIpc) is 2.21. The van der Waals surface area contributed by atoms with Crippen molar-refractivity contribution < 1.29 is 9.18 Å². The lowest BCUT2D eigenvalue weighted by Gasteiger charge is -2.07. The number of carbonyl (C=O) groups is 1. The molecule has 1 aromatic carbocycles. The molecule has 1 rings (SSSR count). The third kappa shape index (κ3) is 3.13. The Labute approximate surface area is 89.3 Å². The molecule has 0 saturated heterocycles. The monoisotopic (exact) mass is 209 g/mol. The first-order chi connectivity index (χ1) is 7.04. The minimum absolute atomic E-state index is 0.0492. The van der Waals surface area contributed by atoms with Crippen molar-refractivity contribution in [2.24, 2.45) is 11.7 Å². The minimum Gasteiger partial charge on any atom is -0.330 e. The van der Waals surface area contributed by atoms with Gasteiger partial charge in [0.1, 0.15) is 5.82 Å². The Balaban J connectivity index is 2.78. The van der Waals surface area contributed by atoms with Gasteiger partial charge in [0, 0.05) is 12.0 Å². The van der Waals surface area contributed by atoms with Crippen LogP contribution in [0.3, 0.4) is 0 Å². The number of benzene rings is 1. The van der Waals surface area contributed by atoms with Crippen LogP contribution < -0.4 is 5.73 Å². The number of nitrogens with two attached hydrogens (primary N) is 1. The summed E-state index contributed by atoms with van der Waals surface area (Å²) in [6, 6.07) is 4.57. The second-order valence-electron chi connectivity index (χ2n) is 3.93. The predicted octanol–water partition coefficient (Wildman–Crippen LogP) is 2.30. The summed E-state index contributed by atoms with van der Waals surface area (Å²) in [4.78, 5) is 11.7. The van der Waals surface area contributed by atoms with Gasteiger partial charge in [-0.25, -0.2) is 4.39 Å². The molecule has 15 heavy (non-hydrogen) atoms. The van der Waals surface area contributed by atoms with Crippen LogP contribution in [0, 0.1) is 18.7 Å². The van der Waals surface area contributed by atoms with Crippen LogP contribution in [-0.4, -0.2) is 12.3 Å². The summed E-state index contributed by atoms with van der Waals surface area (Å²) in [6.45, 7) is 4.05. The number of halogens is 1. The second-order valence-corrected chi connectivity index (χ2v) is 3.93. The molecule has 1 aromatic rings. The van der Waals surface area contributed by atoms with Gasteiger partial charge in [-0.05, 0) is 31.0 Å². The molecule has 3 heteroatoms. The molecule has 0 aliphatic carbocycles. The van der Waals surface area contributed by atoms with Crippen molar-refractivity contribution in [1.82, 2.24) is 0 Å². The average molecular weight is 209 g/mol. The van der Waals surface area contributed by atoms with Gasteiger partial charge in [0.05, 0.1) is 0 Å². The van der Waals surface area contributed by atoms with Crippen molar-refractivity contribution >= 4 is 5.78 Å². The maximum Gasteiger partial charge on any atom is 0.163 e. The first-order valence-corrected chi connectivity index (χ1v) is 5.04. The largest absolute Gasteiger partial charge is 0.330 e. The van der Waals surface area contributed by atoms with E-state index in [-0.39, 0.29) is 17.5 Å². The second kappa shape index (κ2) is 5.03. The van der Waals surface area contributed by atoms with Gasteiger partial charge in [-0.1, -0.05) is 19.1 Å². The van der Waals surface area contributed by atoms with E-state index in [1.165, 1.54) is 6.07 Å². The van der Waals surface area contributed by atoms with Gasteiger partial charge in [-0.2, -0.15) is 0 Å². The van der Waals surface area contributed by atoms with Gasteiger partial charge in [0.15, 0.2) is 5.78 Å². The summed E-state index contributed by atoms with van der Waals surface area (Å²) in [6.07, 6.45) is 0.374. The number of aryl methyl sites for hydroxylation is 1. The molecule has 0 spiro atoms. The summed E-state index contributed by atoms with van der Waals surface area (Å²) < 4.78 is 13.2. The summed E-state index contributed by atoms with van der Waals surface area (Å²) in [5, 5.41) is 0. The number of carbonyl (C=O) groups excluding carboxylic acids is 1. The number of rotatable bonds is 4. The molecule has 2 nitrogen and oxygen atoms in total. The predicted molar refractivity (Wildman–Crippen MR) is 58.3 cm³/mol. The van der Waals surface area contributed by atoms with Gasteiger partial charge in [0.25, 0.3) is 0 Å². The highest BCUT2D eigenvalue weighted by Gasteiger charge is 2.11. The van der Waals surface area contributed by atoms with Crippen LogP contribution in [0.1, 0.15) is 29.3 Å². The maximum absolute atomic E-state index is 13.2. The van der Waals surface area contributed by atoms with Crippen molar-refractivity contribution in [3.8, 4) is 0 Å². The number of hydrogen-bond acceptors (Lipinski definition) is 2. The molecule has 0 saturated carbocycles.